The maximum absolute atomic E-state index is 5.42. The average Bonchev–Trinajstić information content (AvgIpc) is 3.63. The molecule has 33 heavy (non-hydrogen) atoms. The second-order valence-corrected chi connectivity index (χ2v) is 9.40. The van der Waals surface area contributed by atoms with Gasteiger partial charge in [0.05, 0.1) is 10.2 Å². The minimum absolute atomic E-state index is 0.215. The van der Waals surface area contributed by atoms with Crippen molar-refractivity contribution in [1.82, 2.24) is 25.3 Å². The molecule has 0 bridgehead atoms. The van der Waals surface area contributed by atoms with Crippen molar-refractivity contribution in [2.24, 2.45) is 0 Å². The van der Waals surface area contributed by atoms with Gasteiger partial charge in [0.1, 0.15) is 0 Å². The molecule has 9 heteroatoms. The van der Waals surface area contributed by atoms with Gasteiger partial charge in [-0.2, -0.15) is 9.97 Å². The van der Waals surface area contributed by atoms with Gasteiger partial charge in [0.25, 0.3) is 17.6 Å². The van der Waals surface area contributed by atoms with Crippen LogP contribution in [0.4, 0.5) is 0 Å². The molecule has 0 fully saturated rings. The van der Waals surface area contributed by atoms with E-state index >= 15 is 0 Å². The van der Waals surface area contributed by atoms with Crippen molar-refractivity contribution in [3.05, 3.63) is 84.4 Å². The summed E-state index contributed by atoms with van der Waals surface area (Å²) in [5.74, 6) is 2.18. The number of fused-ring (bicyclic) bond motifs is 1. The number of para-hydroxylation sites is 1. The van der Waals surface area contributed by atoms with Crippen molar-refractivity contribution < 1.29 is 9.05 Å². The largest absolute Gasteiger partial charge is 0.333 e. The van der Waals surface area contributed by atoms with Crippen LogP contribution in [-0.2, 0) is 5.75 Å². The molecule has 3 heterocycles. The Labute approximate surface area is 196 Å². The van der Waals surface area contributed by atoms with Gasteiger partial charge in [-0.1, -0.05) is 76.7 Å². The zero-order valence-electron chi connectivity index (χ0n) is 17.1. The molecule has 0 aliphatic carbocycles. The molecule has 7 nitrogen and oxygen atoms in total. The van der Waals surface area contributed by atoms with E-state index < -0.39 is 0 Å². The zero-order valence-corrected chi connectivity index (χ0v) is 18.7. The molecule has 6 aromatic rings. The van der Waals surface area contributed by atoms with Crippen molar-refractivity contribution in [3.63, 3.8) is 0 Å². The monoisotopic (exact) mass is 469 g/mol. The summed E-state index contributed by atoms with van der Waals surface area (Å²) >= 11 is 3.45. The Morgan fingerprint density at radius 2 is 1.39 bits per heavy atom. The molecule has 0 aliphatic heterocycles. The maximum Gasteiger partial charge on any atom is 0.299 e. The predicted molar refractivity (Wildman–Crippen MR) is 128 cm³/mol. The molecule has 0 radical (unpaired) electrons. The van der Waals surface area contributed by atoms with Gasteiger partial charge >= 0.3 is 0 Å². The van der Waals surface area contributed by atoms with Gasteiger partial charge in [-0.3, -0.25) is 0 Å². The maximum atomic E-state index is 5.42. The van der Waals surface area contributed by atoms with Crippen LogP contribution in [0.1, 0.15) is 5.56 Å². The van der Waals surface area contributed by atoms with Crippen LogP contribution < -0.4 is 0 Å². The number of thiazole rings is 1. The standard InChI is InChI=1S/C24H15N5O2S2/c1-2-6-16(7-3-1)20-26-23(31-28-20)21-27-22(30-29-21)17-12-10-15(11-13-17)14-32-24-25-18-8-4-5-9-19(18)33-24/h1-13H,14H2. The number of benzene rings is 3. The Morgan fingerprint density at radius 3 is 2.24 bits per heavy atom. The summed E-state index contributed by atoms with van der Waals surface area (Å²) in [6.45, 7) is 0. The summed E-state index contributed by atoms with van der Waals surface area (Å²) in [7, 11) is 0. The molecule has 0 unspecified atom stereocenters. The van der Waals surface area contributed by atoms with Gasteiger partial charge in [0, 0.05) is 16.9 Å². The lowest BCUT2D eigenvalue weighted by Gasteiger charge is -2.00. The minimum atomic E-state index is 0.215. The van der Waals surface area contributed by atoms with E-state index in [1.807, 2.05) is 60.7 Å². The van der Waals surface area contributed by atoms with Crippen LogP contribution in [0.2, 0.25) is 0 Å². The van der Waals surface area contributed by atoms with Crippen LogP contribution in [-0.4, -0.2) is 25.3 Å². The van der Waals surface area contributed by atoms with Gasteiger partial charge in [0.2, 0.25) is 5.82 Å². The molecular formula is C24H15N5O2S2. The third-order valence-electron chi connectivity index (χ3n) is 4.91. The average molecular weight is 470 g/mol. The zero-order chi connectivity index (χ0) is 22.0. The molecule has 0 atom stereocenters. The normalized spacial score (nSPS) is 11.3. The van der Waals surface area contributed by atoms with Crippen molar-refractivity contribution in [3.8, 4) is 34.6 Å². The molecule has 0 saturated carbocycles. The summed E-state index contributed by atoms with van der Waals surface area (Å²) in [5, 5.41) is 8.00. The quantitative estimate of drug-likeness (QED) is 0.260. The fourth-order valence-electron chi connectivity index (χ4n) is 3.25. The summed E-state index contributed by atoms with van der Waals surface area (Å²) in [6.07, 6.45) is 0. The van der Waals surface area contributed by atoms with E-state index in [4.69, 9.17) is 9.05 Å². The fourth-order valence-corrected chi connectivity index (χ4v) is 5.27. The van der Waals surface area contributed by atoms with Gasteiger partial charge in [-0.25, -0.2) is 4.98 Å². The van der Waals surface area contributed by atoms with E-state index in [1.54, 1.807) is 23.1 Å². The van der Waals surface area contributed by atoms with Crippen molar-refractivity contribution in [1.29, 1.82) is 0 Å². The summed E-state index contributed by atoms with van der Waals surface area (Å²) in [4.78, 5) is 13.5. The number of nitrogens with zero attached hydrogens (tertiary/aromatic N) is 5. The highest BCUT2D eigenvalue weighted by Crippen LogP contribution is 2.32. The van der Waals surface area contributed by atoms with Crippen molar-refractivity contribution in [2.45, 2.75) is 10.1 Å². The van der Waals surface area contributed by atoms with E-state index in [2.05, 4.69) is 43.5 Å². The summed E-state index contributed by atoms with van der Waals surface area (Å²) in [6, 6.07) is 25.8. The first-order chi connectivity index (χ1) is 16.3. The van der Waals surface area contributed by atoms with Gasteiger partial charge in [-0.05, 0) is 29.8 Å². The summed E-state index contributed by atoms with van der Waals surface area (Å²) < 4.78 is 13.0. The van der Waals surface area contributed by atoms with E-state index in [0.717, 1.165) is 26.7 Å². The highest BCUT2D eigenvalue weighted by atomic mass is 32.2. The van der Waals surface area contributed by atoms with Gasteiger partial charge < -0.3 is 9.05 Å². The second kappa shape index (κ2) is 8.61. The third kappa shape index (κ3) is 4.15. The van der Waals surface area contributed by atoms with E-state index in [0.29, 0.717) is 11.7 Å². The van der Waals surface area contributed by atoms with Gasteiger partial charge in [-0.15, -0.1) is 11.3 Å². The number of hydrogen-bond donors (Lipinski definition) is 0. The number of hydrogen-bond acceptors (Lipinski definition) is 9. The third-order valence-corrected chi connectivity index (χ3v) is 7.16. The fraction of sp³-hybridized carbons (Fsp3) is 0.0417. The molecule has 3 aromatic heterocycles. The highest BCUT2D eigenvalue weighted by molar-refractivity contribution is 8.00. The smallest absolute Gasteiger partial charge is 0.299 e. The Hall–Kier alpha value is -3.82. The molecule has 6 rings (SSSR count). The van der Waals surface area contributed by atoms with Crippen LogP contribution in [0.25, 0.3) is 44.8 Å². The predicted octanol–water partition coefficient (Wildman–Crippen LogP) is 6.36. The topological polar surface area (TPSA) is 90.7 Å². The highest BCUT2D eigenvalue weighted by Gasteiger charge is 2.17. The first kappa shape index (κ1) is 19.8. The van der Waals surface area contributed by atoms with Crippen LogP contribution in [0.15, 0.2) is 92.2 Å². The van der Waals surface area contributed by atoms with Crippen LogP contribution in [0.3, 0.4) is 0 Å². The molecule has 0 spiro atoms. The number of thioether (sulfide) groups is 1. The first-order valence-corrected chi connectivity index (χ1v) is 11.9. The molecule has 0 amide bonds. The molecule has 3 aromatic carbocycles. The molecular weight excluding hydrogens is 454 g/mol. The molecule has 0 N–H and O–H groups in total. The lowest BCUT2D eigenvalue weighted by atomic mass is 10.1. The molecule has 160 valence electrons. The lowest BCUT2D eigenvalue weighted by Crippen LogP contribution is -1.84. The number of rotatable bonds is 6. The van der Waals surface area contributed by atoms with Crippen molar-refractivity contribution >= 4 is 33.3 Å². The van der Waals surface area contributed by atoms with E-state index in [1.165, 1.54) is 10.3 Å². The Balaban J connectivity index is 1.14. The first-order valence-electron chi connectivity index (χ1n) is 10.1. The summed E-state index contributed by atoms with van der Waals surface area (Å²) in [5.41, 5.74) is 3.91. The van der Waals surface area contributed by atoms with Crippen molar-refractivity contribution in [2.75, 3.05) is 0 Å². The van der Waals surface area contributed by atoms with E-state index in [9.17, 15) is 0 Å². The van der Waals surface area contributed by atoms with Crippen LogP contribution >= 0.6 is 23.1 Å². The number of aromatic nitrogens is 5. The second-order valence-electron chi connectivity index (χ2n) is 7.15. The molecule has 0 saturated heterocycles. The Bertz CT molecular complexity index is 1490. The Kier molecular flexibility index (Phi) is 5.17. The SMILES string of the molecule is c1ccc(-c2noc(-c3noc(-c4ccc(CSc5nc6ccccc6s5)cc4)n3)n2)cc1. The minimum Gasteiger partial charge on any atom is -0.333 e. The van der Waals surface area contributed by atoms with Gasteiger partial charge in [0.15, 0.2) is 4.34 Å². The Morgan fingerprint density at radius 1 is 0.667 bits per heavy atom. The molecule has 0 aliphatic rings. The lowest BCUT2D eigenvalue weighted by molar-refractivity contribution is 0.411. The van der Waals surface area contributed by atoms with Crippen LogP contribution in [0, 0.1) is 0 Å². The van der Waals surface area contributed by atoms with Crippen LogP contribution in [0.5, 0.6) is 0 Å². The van der Waals surface area contributed by atoms with E-state index in [-0.39, 0.29) is 11.7 Å².